The van der Waals surface area contributed by atoms with E-state index in [1.165, 1.54) is 12.0 Å². The second-order valence-electron chi connectivity index (χ2n) is 8.99. The number of aromatic nitrogens is 1. The Morgan fingerprint density at radius 3 is 2.46 bits per heavy atom. The molecule has 0 spiro atoms. The van der Waals surface area contributed by atoms with E-state index < -0.39 is 17.9 Å². The number of carbonyl (C=O) groups is 2. The van der Waals surface area contributed by atoms with E-state index in [1.54, 1.807) is 43.3 Å². The van der Waals surface area contributed by atoms with Crippen molar-refractivity contribution in [3.05, 3.63) is 122 Å². The van der Waals surface area contributed by atoms with Crippen LogP contribution in [0.15, 0.2) is 88.1 Å². The Kier molecular flexibility index (Phi) is 6.20. The number of aryl methyl sites for hydroxylation is 1. The number of esters is 1. The molecule has 2 aromatic heterocycles. The number of ether oxygens (including phenoxy) is 2. The molecule has 0 bridgehead atoms. The quantitative estimate of drug-likeness (QED) is 0.257. The number of amides is 1. The van der Waals surface area contributed by atoms with Gasteiger partial charge in [-0.1, -0.05) is 65.9 Å². The predicted molar refractivity (Wildman–Crippen MR) is 147 cm³/mol. The van der Waals surface area contributed by atoms with Crippen LogP contribution in [0.2, 0.25) is 0 Å². The third-order valence-corrected chi connectivity index (χ3v) is 7.72. The number of rotatable bonds is 6. The number of carbonyl (C=O) groups excluding carboxylic acids is 2. The minimum atomic E-state index is -0.812. The highest BCUT2D eigenvalue weighted by molar-refractivity contribution is 7.17. The fraction of sp³-hybridized carbons (Fsp3) is 0.133. The Morgan fingerprint density at radius 1 is 1.00 bits per heavy atom. The van der Waals surface area contributed by atoms with Crippen LogP contribution in [0.3, 0.4) is 0 Å². The summed E-state index contributed by atoms with van der Waals surface area (Å²) in [5.74, 6) is -0.452. The molecule has 0 aliphatic carbocycles. The summed E-state index contributed by atoms with van der Waals surface area (Å²) in [6.07, 6.45) is 0. The number of hydrogen-bond acceptors (Lipinski definition) is 8. The molecule has 0 N–H and O–H groups in total. The maximum atomic E-state index is 13.8. The minimum absolute atomic E-state index is 0.0411. The monoisotopic (exact) mass is 538 g/mol. The molecule has 0 radical (unpaired) electrons. The highest BCUT2D eigenvalue weighted by atomic mass is 32.1. The van der Waals surface area contributed by atoms with Crippen LogP contribution in [0.4, 0.5) is 5.13 Å². The standard InChI is InChI=1S/C30H22N2O6S/c1-17-27(29(35)36-2)39-30(31-17)32-24(19-12-14-20(15-13-19)37-16-18-8-4-3-5-9-18)23-25(33)21-10-6-7-11-22(21)38-26(23)28(32)34/h3-15,24H,16H2,1-2H3/t24-/m0/s1. The van der Waals surface area contributed by atoms with E-state index in [0.717, 1.165) is 16.9 Å². The van der Waals surface area contributed by atoms with Gasteiger partial charge in [0, 0.05) is 0 Å². The smallest absolute Gasteiger partial charge is 0.350 e. The van der Waals surface area contributed by atoms with Crippen LogP contribution in [-0.4, -0.2) is 24.0 Å². The molecule has 3 aromatic carbocycles. The summed E-state index contributed by atoms with van der Waals surface area (Å²) >= 11 is 1.03. The number of methoxy groups -OCH3 is 1. The van der Waals surface area contributed by atoms with Crippen LogP contribution in [0.5, 0.6) is 5.75 Å². The van der Waals surface area contributed by atoms with E-state index in [0.29, 0.717) is 34.6 Å². The van der Waals surface area contributed by atoms with Crippen molar-refractivity contribution >= 4 is 39.3 Å². The first-order valence-electron chi connectivity index (χ1n) is 12.2. The Bertz CT molecular complexity index is 1780. The zero-order valence-electron chi connectivity index (χ0n) is 21.0. The largest absolute Gasteiger partial charge is 0.489 e. The summed E-state index contributed by atoms with van der Waals surface area (Å²) < 4.78 is 16.8. The zero-order chi connectivity index (χ0) is 27.1. The SMILES string of the molecule is COC(=O)c1sc(N2C(=O)c3oc4ccccc4c(=O)c3[C@@H]2c2ccc(OCc3ccccc3)cc2)nc1C. The Balaban J connectivity index is 1.45. The van der Waals surface area contributed by atoms with Crippen molar-refractivity contribution in [1.82, 2.24) is 4.98 Å². The van der Waals surface area contributed by atoms with Crippen molar-refractivity contribution in [1.29, 1.82) is 0 Å². The molecule has 6 rings (SSSR count). The lowest BCUT2D eigenvalue weighted by Crippen LogP contribution is -2.29. The van der Waals surface area contributed by atoms with E-state index in [2.05, 4.69) is 4.98 Å². The number of hydrogen-bond donors (Lipinski definition) is 0. The molecule has 9 heteroatoms. The van der Waals surface area contributed by atoms with Gasteiger partial charge in [0.05, 0.1) is 29.8 Å². The highest BCUT2D eigenvalue weighted by Crippen LogP contribution is 2.43. The fourth-order valence-corrected chi connectivity index (χ4v) is 5.70. The van der Waals surface area contributed by atoms with Crippen LogP contribution in [0.1, 0.15) is 48.7 Å². The van der Waals surface area contributed by atoms with Crippen molar-refractivity contribution in [3.8, 4) is 5.75 Å². The van der Waals surface area contributed by atoms with Crippen LogP contribution in [0.25, 0.3) is 11.0 Å². The number of nitrogens with zero attached hydrogens (tertiary/aromatic N) is 2. The third-order valence-electron chi connectivity index (χ3n) is 6.58. The molecule has 1 aliphatic heterocycles. The number of para-hydroxylation sites is 1. The third kappa shape index (κ3) is 4.26. The number of benzene rings is 3. The first-order valence-corrected chi connectivity index (χ1v) is 13.0. The van der Waals surface area contributed by atoms with E-state index in [9.17, 15) is 14.4 Å². The summed E-state index contributed by atoms with van der Waals surface area (Å²) in [5.41, 5.74) is 2.39. The van der Waals surface area contributed by atoms with Gasteiger partial charge in [-0.25, -0.2) is 9.78 Å². The molecule has 0 unspecified atom stereocenters. The van der Waals surface area contributed by atoms with Crippen molar-refractivity contribution in [2.75, 3.05) is 12.0 Å². The van der Waals surface area contributed by atoms with Gasteiger partial charge in [-0.3, -0.25) is 14.5 Å². The molecule has 5 aromatic rings. The Morgan fingerprint density at radius 2 is 1.72 bits per heavy atom. The number of fused-ring (bicyclic) bond motifs is 2. The maximum absolute atomic E-state index is 13.8. The summed E-state index contributed by atoms with van der Waals surface area (Å²) in [5, 5.41) is 0.645. The summed E-state index contributed by atoms with van der Waals surface area (Å²) in [4.78, 5) is 46.0. The van der Waals surface area contributed by atoms with Gasteiger partial charge in [0.15, 0.2) is 10.6 Å². The molecule has 3 heterocycles. The normalized spacial score (nSPS) is 14.5. The molecule has 0 saturated carbocycles. The maximum Gasteiger partial charge on any atom is 0.350 e. The summed E-state index contributed by atoms with van der Waals surface area (Å²) in [6.45, 7) is 2.08. The second kappa shape index (κ2) is 9.85. The molecule has 194 valence electrons. The van der Waals surface area contributed by atoms with E-state index in [-0.39, 0.29) is 26.8 Å². The first-order chi connectivity index (χ1) is 19.0. The highest BCUT2D eigenvalue weighted by Gasteiger charge is 2.45. The minimum Gasteiger partial charge on any atom is -0.489 e. The van der Waals surface area contributed by atoms with Crippen LogP contribution >= 0.6 is 11.3 Å². The van der Waals surface area contributed by atoms with Gasteiger partial charge in [-0.05, 0) is 42.3 Å². The van der Waals surface area contributed by atoms with Crippen molar-refractivity contribution in [2.45, 2.75) is 19.6 Å². The van der Waals surface area contributed by atoms with Gasteiger partial charge >= 0.3 is 5.97 Å². The Labute approximate surface area is 227 Å². The molecule has 0 saturated heterocycles. The van der Waals surface area contributed by atoms with Gasteiger partial charge < -0.3 is 13.9 Å². The number of anilines is 1. The van der Waals surface area contributed by atoms with Crippen LogP contribution < -0.4 is 15.1 Å². The lowest BCUT2D eigenvalue weighted by molar-refractivity contribution is 0.0605. The van der Waals surface area contributed by atoms with Gasteiger partial charge in [0.25, 0.3) is 5.91 Å². The lowest BCUT2D eigenvalue weighted by Gasteiger charge is -2.22. The molecule has 1 atom stereocenters. The van der Waals surface area contributed by atoms with Crippen molar-refractivity contribution in [3.63, 3.8) is 0 Å². The van der Waals surface area contributed by atoms with E-state index in [4.69, 9.17) is 13.9 Å². The summed E-state index contributed by atoms with van der Waals surface area (Å²) in [7, 11) is 1.29. The van der Waals surface area contributed by atoms with Gasteiger partial charge in [-0.15, -0.1) is 0 Å². The average molecular weight is 539 g/mol. The Hall–Kier alpha value is -4.76. The molecule has 39 heavy (non-hydrogen) atoms. The second-order valence-corrected chi connectivity index (χ2v) is 9.97. The fourth-order valence-electron chi connectivity index (χ4n) is 4.69. The van der Waals surface area contributed by atoms with Crippen molar-refractivity contribution in [2.24, 2.45) is 0 Å². The average Bonchev–Trinajstić information content (AvgIpc) is 3.49. The van der Waals surface area contributed by atoms with Crippen molar-refractivity contribution < 1.29 is 23.5 Å². The molecular formula is C30H22N2O6S. The zero-order valence-corrected chi connectivity index (χ0v) is 21.9. The molecule has 8 nitrogen and oxygen atoms in total. The molecular weight excluding hydrogens is 516 g/mol. The van der Waals surface area contributed by atoms with Gasteiger partial charge in [0.1, 0.15) is 22.8 Å². The molecule has 1 aliphatic rings. The van der Waals surface area contributed by atoms with E-state index in [1.807, 2.05) is 42.5 Å². The first kappa shape index (κ1) is 24.6. The molecule has 0 fully saturated rings. The van der Waals surface area contributed by atoms with Gasteiger partial charge in [0.2, 0.25) is 5.76 Å². The lowest BCUT2D eigenvalue weighted by atomic mass is 9.98. The predicted octanol–water partition coefficient (Wildman–Crippen LogP) is 5.67. The molecule has 1 amide bonds. The topological polar surface area (TPSA) is 98.9 Å². The van der Waals surface area contributed by atoms with Gasteiger partial charge in [-0.2, -0.15) is 0 Å². The van der Waals surface area contributed by atoms with Crippen LogP contribution in [-0.2, 0) is 11.3 Å². The summed E-state index contributed by atoms with van der Waals surface area (Å²) in [6, 6.07) is 23.1. The van der Waals surface area contributed by atoms with E-state index >= 15 is 0 Å². The number of thiazole rings is 1. The van der Waals surface area contributed by atoms with Crippen LogP contribution in [0, 0.1) is 6.92 Å².